The molecule has 0 aliphatic heterocycles. The van der Waals surface area contributed by atoms with E-state index in [0.29, 0.717) is 11.3 Å². The molecule has 3 aromatic rings. The van der Waals surface area contributed by atoms with Gasteiger partial charge in [0.05, 0.1) is 24.1 Å². The quantitative estimate of drug-likeness (QED) is 0.505. The summed E-state index contributed by atoms with van der Waals surface area (Å²) in [6.07, 6.45) is 0.0287. The van der Waals surface area contributed by atoms with Crippen molar-refractivity contribution >= 4 is 11.9 Å². The molecule has 0 heterocycles. The zero-order valence-corrected chi connectivity index (χ0v) is 16.0. The molecular weight excluding hydrogens is 364 g/mol. The Labute approximate surface area is 169 Å². The Morgan fingerprint density at radius 1 is 0.931 bits per heavy atom. The van der Waals surface area contributed by atoms with Crippen LogP contribution in [0.25, 0.3) is 11.1 Å². The highest BCUT2D eigenvalue weighted by Crippen LogP contribution is 2.24. The van der Waals surface area contributed by atoms with E-state index in [4.69, 9.17) is 10.00 Å². The number of rotatable bonds is 6. The second-order valence-corrected chi connectivity index (χ2v) is 6.56. The molecule has 1 unspecified atom stereocenters. The summed E-state index contributed by atoms with van der Waals surface area (Å²) in [7, 11) is 0. The predicted octanol–water partition coefficient (Wildman–Crippen LogP) is 4.40. The zero-order valence-electron chi connectivity index (χ0n) is 16.0. The molecule has 0 bridgehead atoms. The van der Waals surface area contributed by atoms with Gasteiger partial charge in [-0.3, -0.25) is 9.59 Å². The Bertz CT molecular complexity index is 1020. The highest BCUT2D eigenvalue weighted by molar-refractivity contribution is 5.77. The molecule has 0 fully saturated rings. The van der Waals surface area contributed by atoms with Crippen molar-refractivity contribution in [3.63, 3.8) is 0 Å². The molecule has 1 amide bonds. The van der Waals surface area contributed by atoms with Gasteiger partial charge >= 0.3 is 5.97 Å². The van der Waals surface area contributed by atoms with Crippen LogP contribution in [0.1, 0.15) is 30.5 Å². The summed E-state index contributed by atoms with van der Waals surface area (Å²) in [6, 6.07) is 25.4. The Hall–Kier alpha value is -3.91. The summed E-state index contributed by atoms with van der Waals surface area (Å²) >= 11 is 0. The van der Waals surface area contributed by atoms with Gasteiger partial charge in [-0.05, 0) is 41.0 Å². The normalized spacial score (nSPS) is 11.2. The van der Waals surface area contributed by atoms with Crippen molar-refractivity contribution < 1.29 is 14.3 Å². The van der Waals surface area contributed by atoms with Crippen LogP contribution in [0, 0.1) is 11.3 Å². The lowest BCUT2D eigenvalue weighted by atomic mass is 10.0. The summed E-state index contributed by atoms with van der Waals surface area (Å²) in [5, 5.41) is 11.7. The SMILES string of the molecule is CC(=O)NC(CC(=O)Oc1ccc(-c2ccc(C#N)cc2)cc1)c1ccccc1. The van der Waals surface area contributed by atoms with Gasteiger partial charge in [-0.25, -0.2) is 0 Å². The van der Waals surface area contributed by atoms with E-state index in [1.807, 2.05) is 54.6 Å². The van der Waals surface area contributed by atoms with Crippen molar-refractivity contribution in [1.29, 1.82) is 5.26 Å². The van der Waals surface area contributed by atoms with Gasteiger partial charge in [0.2, 0.25) is 5.91 Å². The van der Waals surface area contributed by atoms with Crippen molar-refractivity contribution in [1.82, 2.24) is 5.32 Å². The molecule has 1 atom stereocenters. The maximum atomic E-state index is 12.4. The fourth-order valence-electron chi connectivity index (χ4n) is 2.98. The first-order chi connectivity index (χ1) is 14.0. The monoisotopic (exact) mass is 384 g/mol. The number of nitriles is 1. The number of nitrogens with one attached hydrogen (secondary N) is 1. The summed E-state index contributed by atoms with van der Waals surface area (Å²) in [5.41, 5.74) is 3.37. The fraction of sp³-hybridized carbons (Fsp3) is 0.125. The van der Waals surface area contributed by atoms with Crippen molar-refractivity contribution in [2.75, 3.05) is 0 Å². The molecule has 0 aliphatic rings. The third kappa shape index (κ3) is 5.53. The average Bonchev–Trinajstić information content (AvgIpc) is 2.74. The Morgan fingerprint density at radius 2 is 1.52 bits per heavy atom. The van der Waals surface area contributed by atoms with Crippen LogP contribution < -0.4 is 10.1 Å². The highest BCUT2D eigenvalue weighted by Gasteiger charge is 2.18. The van der Waals surface area contributed by atoms with Crippen LogP contribution >= 0.6 is 0 Å². The maximum Gasteiger partial charge on any atom is 0.313 e. The summed E-state index contributed by atoms with van der Waals surface area (Å²) < 4.78 is 5.44. The minimum atomic E-state index is -0.445. The van der Waals surface area contributed by atoms with Crippen molar-refractivity contribution in [2.24, 2.45) is 0 Å². The van der Waals surface area contributed by atoms with E-state index in [0.717, 1.165) is 16.7 Å². The molecule has 5 nitrogen and oxygen atoms in total. The van der Waals surface area contributed by atoms with E-state index < -0.39 is 12.0 Å². The molecule has 144 valence electrons. The third-order valence-corrected chi connectivity index (χ3v) is 4.38. The van der Waals surface area contributed by atoms with Gasteiger partial charge in [-0.2, -0.15) is 5.26 Å². The highest BCUT2D eigenvalue weighted by atomic mass is 16.5. The second kappa shape index (κ2) is 9.34. The van der Waals surface area contributed by atoms with Crippen LogP contribution in [0.15, 0.2) is 78.9 Å². The van der Waals surface area contributed by atoms with E-state index in [9.17, 15) is 9.59 Å². The molecule has 3 rings (SSSR count). The largest absolute Gasteiger partial charge is 0.426 e. The minimum Gasteiger partial charge on any atom is -0.426 e. The van der Waals surface area contributed by atoms with Crippen LogP contribution in [-0.4, -0.2) is 11.9 Å². The standard InChI is InChI=1S/C24H20N2O3/c1-17(27)26-23(21-5-3-2-4-6-21)15-24(28)29-22-13-11-20(12-14-22)19-9-7-18(16-25)8-10-19/h2-14,23H,15H2,1H3,(H,26,27). The van der Waals surface area contributed by atoms with Gasteiger partial charge in [0, 0.05) is 6.92 Å². The number of amides is 1. The lowest BCUT2D eigenvalue weighted by Crippen LogP contribution is -2.29. The third-order valence-electron chi connectivity index (χ3n) is 4.38. The Morgan fingerprint density at radius 3 is 2.07 bits per heavy atom. The molecule has 1 N–H and O–H groups in total. The number of ether oxygens (including phenoxy) is 1. The first-order valence-corrected chi connectivity index (χ1v) is 9.18. The van der Waals surface area contributed by atoms with Crippen LogP contribution in [0.5, 0.6) is 5.75 Å². The van der Waals surface area contributed by atoms with Gasteiger partial charge in [-0.1, -0.05) is 54.6 Å². The van der Waals surface area contributed by atoms with E-state index in [-0.39, 0.29) is 12.3 Å². The molecule has 29 heavy (non-hydrogen) atoms. The van der Waals surface area contributed by atoms with Gasteiger partial charge in [0.1, 0.15) is 5.75 Å². The summed E-state index contributed by atoms with van der Waals surface area (Å²) in [6.45, 7) is 1.42. The van der Waals surface area contributed by atoms with Crippen LogP contribution in [-0.2, 0) is 9.59 Å². The Kier molecular flexibility index (Phi) is 6.39. The molecule has 0 saturated heterocycles. The first kappa shape index (κ1) is 19.8. The van der Waals surface area contributed by atoms with E-state index in [1.165, 1.54) is 6.92 Å². The van der Waals surface area contributed by atoms with Crippen molar-refractivity contribution in [3.8, 4) is 22.9 Å². The first-order valence-electron chi connectivity index (χ1n) is 9.18. The molecule has 5 heteroatoms. The van der Waals surface area contributed by atoms with Crippen LogP contribution in [0.3, 0.4) is 0 Å². The van der Waals surface area contributed by atoms with Crippen LogP contribution in [0.2, 0.25) is 0 Å². The second-order valence-electron chi connectivity index (χ2n) is 6.56. The molecule has 0 radical (unpaired) electrons. The van der Waals surface area contributed by atoms with Gasteiger partial charge in [-0.15, -0.1) is 0 Å². The minimum absolute atomic E-state index is 0.0287. The molecule has 0 saturated carbocycles. The number of esters is 1. The number of carbonyl (C=O) groups excluding carboxylic acids is 2. The van der Waals surface area contributed by atoms with Gasteiger partial charge in [0.15, 0.2) is 0 Å². The lowest BCUT2D eigenvalue weighted by Gasteiger charge is -2.17. The molecule has 0 aliphatic carbocycles. The van der Waals surface area contributed by atoms with Crippen molar-refractivity contribution in [3.05, 3.63) is 90.0 Å². The molecule has 3 aromatic carbocycles. The average molecular weight is 384 g/mol. The number of nitrogens with zero attached hydrogens (tertiary/aromatic N) is 1. The number of benzene rings is 3. The summed E-state index contributed by atoms with van der Waals surface area (Å²) in [4.78, 5) is 23.9. The number of carbonyl (C=O) groups is 2. The smallest absolute Gasteiger partial charge is 0.313 e. The molecular formula is C24H20N2O3. The maximum absolute atomic E-state index is 12.4. The zero-order chi connectivity index (χ0) is 20.6. The topological polar surface area (TPSA) is 79.2 Å². The number of hydrogen-bond donors (Lipinski definition) is 1. The summed E-state index contributed by atoms with van der Waals surface area (Å²) in [5.74, 6) is -0.209. The molecule has 0 spiro atoms. The number of hydrogen-bond acceptors (Lipinski definition) is 4. The predicted molar refractivity (Wildman–Crippen MR) is 110 cm³/mol. The Balaban J connectivity index is 1.66. The lowest BCUT2D eigenvalue weighted by molar-refractivity contribution is -0.135. The van der Waals surface area contributed by atoms with E-state index >= 15 is 0 Å². The van der Waals surface area contributed by atoms with E-state index in [2.05, 4.69) is 11.4 Å². The van der Waals surface area contributed by atoms with Crippen molar-refractivity contribution in [2.45, 2.75) is 19.4 Å². The molecule has 0 aromatic heterocycles. The van der Waals surface area contributed by atoms with Gasteiger partial charge in [0.25, 0.3) is 0 Å². The van der Waals surface area contributed by atoms with E-state index in [1.54, 1.807) is 24.3 Å². The van der Waals surface area contributed by atoms with Gasteiger partial charge < -0.3 is 10.1 Å². The van der Waals surface area contributed by atoms with Crippen LogP contribution in [0.4, 0.5) is 0 Å². The fourth-order valence-corrected chi connectivity index (χ4v) is 2.98.